The molecule has 13 heavy (non-hydrogen) atoms. The van der Waals surface area contributed by atoms with E-state index >= 15 is 0 Å². The molecule has 0 aliphatic rings. The maximum atomic E-state index is 8.20. The summed E-state index contributed by atoms with van der Waals surface area (Å²) in [6.45, 7) is 2.48. The van der Waals surface area contributed by atoms with Crippen LogP contribution in [0.3, 0.4) is 0 Å². The summed E-state index contributed by atoms with van der Waals surface area (Å²) in [5.74, 6) is 0. The molecule has 1 N–H and O–H groups in total. The van der Waals surface area contributed by atoms with Gasteiger partial charge < -0.3 is 5.11 Å². The second-order valence-electron chi connectivity index (χ2n) is 2.59. The molecule has 0 aromatic heterocycles. The Bertz CT molecular complexity index is 123. The summed E-state index contributed by atoms with van der Waals surface area (Å²) in [5.41, 5.74) is 0. The van der Waals surface area contributed by atoms with E-state index in [0.29, 0.717) is 6.61 Å². The zero-order chi connectivity index (χ0) is 9.07. The number of rotatable bonds is 3. The quantitative estimate of drug-likeness (QED) is 0.746. The Morgan fingerprint density at radius 1 is 0.846 bits per heavy atom. The lowest BCUT2D eigenvalue weighted by Gasteiger charge is -1.85. The van der Waals surface area contributed by atoms with Crippen LogP contribution in [0, 0.1) is 0 Å². The topological polar surface area (TPSA) is 20.2 Å². The lowest BCUT2D eigenvalue weighted by Crippen LogP contribution is -1.78. The summed E-state index contributed by atoms with van der Waals surface area (Å²) < 4.78 is 0. The van der Waals surface area contributed by atoms with Crippen molar-refractivity contribution >= 4 is 12.4 Å². The van der Waals surface area contributed by atoms with Gasteiger partial charge in [0.05, 0.1) is 0 Å². The van der Waals surface area contributed by atoms with Crippen LogP contribution < -0.4 is 0 Å². The molecule has 0 saturated heterocycles. The first-order valence-electron chi connectivity index (χ1n) is 4.52. The van der Waals surface area contributed by atoms with E-state index in [9.17, 15) is 0 Å². The fourth-order valence-corrected chi connectivity index (χ4v) is 0.747. The second-order valence-corrected chi connectivity index (χ2v) is 2.59. The van der Waals surface area contributed by atoms with Crippen molar-refractivity contribution in [2.24, 2.45) is 0 Å². The van der Waals surface area contributed by atoms with Gasteiger partial charge in [-0.3, -0.25) is 0 Å². The standard InChI is InChI=1S/C6H6.C5H12O.ClH/c1-2-4-6-5-3-1;1-2-3-4-5-6;/h1-6H;6H,2-5H2,1H3;1H. The number of unbranched alkanes of at least 4 members (excludes halogenated alkanes) is 2. The lowest BCUT2D eigenvalue weighted by atomic mass is 10.3. The molecule has 0 atom stereocenters. The number of halogens is 1. The van der Waals surface area contributed by atoms with Crippen molar-refractivity contribution < 1.29 is 5.11 Å². The predicted molar refractivity (Wildman–Crippen MR) is 60.3 cm³/mol. The zero-order valence-electron chi connectivity index (χ0n) is 8.15. The minimum absolute atomic E-state index is 0. The van der Waals surface area contributed by atoms with E-state index < -0.39 is 0 Å². The molecule has 0 bridgehead atoms. The third kappa shape index (κ3) is 14.3. The van der Waals surface area contributed by atoms with Gasteiger partial charge >= 0.3 is 0 Å². The van der Waals surface area contributed by atoms with E-state index in [2.05, 4.69) is 6.92 Å². The average Bonchev–Trinajstić information content (AvgIpc) is 2.18. The molecular weight excluding hydrogens is 184 g/mol. The highest BCUT2D eigenvalue weighted by atomic mass is 35.5. The molecule has 0 saturated carbocycles. The monoisotopic (exact) mass is 202 g/mol. The molecule has 0 unspecified atom stereocenters. The summed E-state index contributed by atoms with van der Waals surface area (Å²) in [4.78, 5) is 0. The van der Waals surface area contributed by atoms with E-state index in [1.807, 2.05) is 36.4 Å². The van der Waals surface area contributed by atoms with Gasteiger partial charge in [0, 0.05) is 6.61 Å². The van der Waals surface area contributed by atoms with Crippen LogP contribution in [-0.4, -0.2) is 11.7 Å². The first-order chi connectivity index (χ1) is 5.91. The largest absolute Gasteiger partial charge is 0.396 e. The van der Waals surface area contributed by atoms with Crippen LogP contribution in [0.4, 0.5) is 0 Å². The van der Waals surface area contributed by atoms with Crippen LogP contribution in [0.5, 0.6) is 0 Å². The molecule has 76 valence electrons. The first kappa shape index (κ1) is 15.0. The Kier molecular flexibility index (Phi) is 16.1. The molecule has 1 aromatic carbocycles. The Balaban J connectivity index is 0. The van der Waals surface area contributed by atoms with Crippen LogP contribution in [-0.2, 0) is 0 Å². The van der Waals surface area contributed by atoms with Gasteiger partial charge in [0.1, 0.15) is 0 Å². The summed E-state index contributed by atoms with van der Waals surface area (Å²) >= 11 is 0. The van der Waals surface area contributed by atoms with Gasteiger partial charge in [0.15, 0.2) is 0 Å². The van der Waals surface area contributed by atoms with Crippen molar-refractivity contribution in [3.8, 4) is 0 Å². The van der Waals surface area contributed by atoms with Crippen molar-refractivity contribution in [1.82, 2.24) is 0 Å². The highest BCUT2D eigenvalue weighted by molar-refractivity contribution is 5.85. The average molecular weight is 203 g/mol. The van der Waals surface area contributed by atoms with Crippen molar-refractivity contribution in [2.75, 3.05) is 6.61 Å². The molecule has 0 amide bonds. The highest BCUT2D eigenvalue weighted by Crippen LogP contribution is 1.89. The van der Waals surface area contributed by atoms with E-state index in [1.54, 1.807) is 0 Å². The van der Waals surface area contributed by atoms with E-state index in [1.165, 1.54) is 6.42 Å². The van der Waals surface area contributed by atoms with Crippen molar-refractivity contribution in [3.05, 3.63) is 36.4 Å². The van der Waals surface area contributed by atoms with Crippen molar-refractivity contribution in [2.45, 2.75) is 26.2 Å². The molecule has 0 spiro atoms. The molecule has 0 fully saturated rings. The van der Waals surface area contributed by atoms with Crippen LogP contribution in [0.15, 0.2) is 36.4 Å². The van der Waals surface area contributed by atoms with Crippen LogP contribution >= 0.6 is 12.4 Å². The normalized spacial score (nSPS) is 7.85. The number of aliphatic hydroxyl groups excluding tert-OH is 1. The van der Waals surface area contributed by atoms with Gasteiger partial charge in [0.2, 0.25) is 0 Å². The van der Waals surface area contributed by atoms with Crippen molar-refractivity contribution in [3.63, 3.8) is 0 Å². The number of aliphatic hydroxyl groups is 1. The molecule has 0 aliphatic heterocycles. The fraction of sp³-hybridized carbons (Fsp3) is 0.455. The minimum Gasteiger partial charge on any atom is -0.396 e. The molecular formula is C11H19ClO. The van der Waals surface area contributed by atoms with E-state index in [0.717, 1.165) is 12.8 Å². The third-order valence-electron chi connectivity index (χ3n) is 1.43. The molecule has 0 radical (unpaired) electrons. The number of hydrogen-bond donors (Lipinski definition) is 1. The summed E-state index contributed by atoms with van der Waals surface area (Å²) in [6.07, 6.45) is 3.33. The zero-order valence-corrected chi connectivity index (χ0v) is 8.96. The smallest absolute Gasteiger partial charge is 0.0431 e. The van der Waals surface area contributed by atoms with E-state index in [-0.39, 0.29) is 12.4 Å². The Morgan fingerprint density at radius 3 is 1.38 bits per heavy atom. The summed E-state index contributed by atoms with van der Waals surface area (Å²) in [5, 5.41) is 8.20. The van der Waals surface area contributed by atoms with Gasteiger partial charge in [-0.05, 0) is 6.42 Å². The molecule has 1 rings (SSSR count). The Hall–Kier alpha value is -0.530. The first-order valence-corrected chi connectivity index (χ1v) is 4.52. The Morgan fingerprint density at radius 2 is 1.23 bits per heavy atom. The van der Waals surface area contributed by atoms with Gasteiger partial charge in [0.25, 0.3) is 0 Å². The fourth-order valence-electron chi connectivity index (χ4n) is 0.747. The second kappa shape index (κ2) is 14.0. The predicted octanol–water partition coefficient (Wildman–Crippen LogP) is 3.28. The van der Waals surface area contributed by atoms with Gasteiger partial charge in [-0.2, -0.15) is 0 Å². The van der Waals surface area contributed by atoms with Gasteiger partial charge in [-0.15, -0.1) is 12.4 Å². The third-order valence-corrected chi connectivity index (χ3v) is 1.43. The molecule has 1 aromatic rings. The molecule has 2 heteroatoms. The SMILES string of the molecule is CCCCCO.Cl.c1ccccc1. The lowest BCUT2D eigenvalue weighted by molar-refractivity contribution is 0.284. The number of benzene rings is 1. The van der Waals surface area contributed by atoms with Gasteiger partial charge in [-0.1, -0.05) is 56.2 Å². The van der Waals surface area contributed by atoms with Crippen molar-refractivity contribution in [1.29, 1.82) is 0 Å². The molecule has 0 heterocycles. The summed E-state index contributed by atoms with van der Waals surface area (Å²) in [6, 6.07) is 12.0. The Labute approximate surface area is 87.2 Å². The van der Waals surface area contributed by atoms with E-state index in [4.69, 9.17) is 5.11 Å². The van der Waals surface area contributed by atoms with Gasteiger partial charge in [-0.25, -0.2) is 0 Å². The van der Waals surface area contributed by atoms with Crippen LogP contribution in [0.2, 0.25) is 0 Å². The highest BCUT2D eigenvalue weighted by Gasteiger charge is 1.76. The minimum atomic E-state index is 0. The maximum absolute atomic E-state index is 8.20. The summed E-state index contributed by atoms with van der Waals surface area (Å²) in [7, 11) is 0. The number of hydrogen-bond acceptors (Lipinski definition) is 1. The molecule has 0 aliphatic carbocycles. The maximum Gasteiger partial charge on any atom is 0.0431 e. The van der Waals surface area contributed by atoms with Crippen LogP contribution in [0.1, 0.15) is 26.2 Å². The molecule has 1 nitrogen and oxygen atoms in total. The van der Waals surface area contributed by atoms with Crippen LogP contribution in [0.25, 0.3) is 0 Å².